The van der Waals surface area contributed by atoms with E-state index in [0.717, 1.165) is 30.4 Å². The predicted octanol–water partition coefficient (Wildman–Crippen LogP) is 3.80. The number of benzene rings is 1. The van der Waals surface area contributed by atoms with Crippen LogP contribution in [0, 0.1) is 0 Å². The molecular weight excluding hydrogens is 475 g/mol. The van der Waals surface area contributed by atoms with E-state index < -0.39 is 0 Å². The van der Waals surface area contributed by atoms with Crippen LogP contribution in [0.3, 0.4) is 0 Å². The highest BCUT2D eigenvalue weighted by Gasteiger charge is 2.44. The summed E-state index contributed by atoms with van der Waals surface area (Å²) >= 11 is 6.15. The summed E-state index contributed by atoms with van der Waals surface area (Å²) in [5.74, 6) is 0.742. The molecule has 1 amide bonds. The number of amides is 1. The average Bonchev–Trinajstić information content (AvgIpc) is 3.30. The minimum Gasteiger partial charge on any atom is -0.357 e. The van der Waals surface area contributed by atoms with Gasteiger partial charge in [-0.3, -0.25) is 9.79 Å². The summed E-state index contributed by atoms with van der Waals surface area (Å²) in [6, 6.07) is 8.06. The predicted molar refractivity (Wildman–Crippen MR) is 124 cm³/mol. The molecule has 27 heavy (non-hydrogen) atoms. The Morgan fingerprint density at radius 1 is 1.33 bits per heavy atom. The van der Waals surface area contributed by atoms with Crippen LogP contribution in [0.4, 0.5) is 0 Å². The van der Waals surface area contributed by atoms with Gasteiger partial charge in [-0.05, 0) is 58.2 Å². The Kier molecular flexibility index (Phi) is 8.86. The molecule has 7 heteroatoms. The zero-order valence-corrected chi connectivity index (χ0v) is 20.0. The Labute approximate surface area is 185 Å². The van der Waals surface area contributed by atoms with Crippen LogP contribution >= 0.6 is 35.6 Å². The fourth-order valence-corrected chi connectivity index (χ4v) is 3.14. The molecule has 1 aromatic carbocycles. The van der Waals surface area contributed by atoms with Gasteiger partial charge in [0.25, 0.3) is 0 Å². The Bertz CT molecular complexity index is 668. The van der Waals surface area contributed by atoms with Crippen LogP contribution in [0.15, 0.2) is 29.3 Å². The van der Waals surface area contributed by atoms with Crippen LogP contribution < -0.4 is 10.6 Å². The molecule has 1 aliphatic carbocycles. The van der Waals surface area contributed by atoms with Crippen molar-refractivity contribution >= 4 is 47.4 Å². The van der Waals surface area contributed by atoms with E-state index >= 15 is 0 Å². The summed E-state index contributed by atoms with van der Waals surface area (Å²) in [6.07, 6.45) is 2.23. The molecule has 0 atom stereocenters. The van der Waals surface area contributed by atoms with Crippen molar-refractivity contribution in [2.45, 2.75) is 51.5 Å². The van der Waals surface area contributed by atoms with Gasteiger partial charge in [-0.15, -0.1) is 24.0 Å². The lowest BCUT2D eigenvalue weighted by Crippen LogP contribution is -2.49. The zero-order valence-electron chi connectivity index (χ0n) is 16.9. The van der Waals surface area contributed by atoms with Crippen LogP contribution in [0.5, 0.6) is 0 Å². The van der Waals surface area contributed by atoms with Crippen LogP contribution in [-0.4, -0.2) is 49.0 Å². The van der Waals surface area contributed by atoms with E-state index in [2.05, 4.69) is 16.7 Å². The number of halogens is 2. The van der Waals surface area contributed by atoms with E-state index in [1.54, 1.807) is 0 Å². The van der Waals surface area contributed by atoms with E-state index in [1.807, 2.05) is 57.8 Å². The Hall–Kier alpha value is -1.02. The highest BCUT2D eigenvalue weighted by Crippen LogP contribution is 2.48. The van der Waals surface area contributed by atoms with Gasteiger partial charge in [-0.25, -0.2) is 0 Å². The maximum atomic E-state index is 12.2. The second-order valence-electron chi connectivity index (χ2n) is 8.12. The molecule has 1 aromatic rings. The summed E-state index contributed by atoms with van der Waals surface area (Å²) in [6.45, 7) is 9.69. The van der Waals surface area contributed by atoms with E-state index in [1.165, 1.54) is 5.56 Å². The van der Waals surface area contributed by atoms with Crippen LogP contribution in [0.25, 0.3) is 0 Å². The van der Waals surface area contributed by atoms with E-state index in [4.69, 9.17) is 16.6 Å². The minimum atomic E-state index is -0.238. The fourth-order valence-electron chi connectivity index (χ4n) is 2.95. The summed E-state index contributed by atoms with van der Waals surface area (Å²) in [7, 11) is 1.89. The first kappa shape index (κ1) is 24.0. The molecule has 0 spiro atoms. The molecule has 0 aliphatic heterocycles. The van der Waals surface area contributed by atoms with Crippen LogP contribution in [0.1, 0.15) is 46.1 Å². The molecule has 0 heterocycles. The second kappa shape index (κ2) is 9.96. The fraction of sp³-hybridized carbons (Fsp3) is 0.600. The molecule has 2 rings (SSSR count). The van der Waals surface area contributed by atoms with Gasteiger partial charge < -0.3 is 15.5 Å². The first-order valence-corrected chi connectivity index (χ1v) is 9.59. The number of nitrogens with one attached hydrogen (secondary N) is 2. The van der Waals surface area contributed by atoms with Crippen molar-refractivity contribution in [3.8, 4) is 0 Å². The summed E-state index contributed by atoms with van der Waals surface area (Å²) in [5, 5.41) is 7.03. The Balaban J connectivity index is 0.00000364. The van der Waals surface area contributed by atoms with Gasteiger partial charge in [0.1, 0.15) is 0 Å². The highest BCUT2D eigenvalue weighted by molar-refractivity contribution is 14.0. The average molecular weight is 507 g/mol. The molecule has 1 aliphatic rings. The number of nitrogens with zero attached hydrogens (tertiary/aromatic N) is 2. The normalized spacial score (nSPS) is 15.6. The third-order valence-corrected chi connectivity index (χ3v) is 4.65. The highest BCUT2D eigenvalue weighted by atomic mass is 127. The molecule has 0 radical (unpaired) electrons. The molecule has 0 bridgehead atoms. The van der Waals surface area contributed by atoms with Gasteiger partial charge in [0, 0.05) is 29.6 Å². The van der Waals surface area contributed by atoms with E-state index in [0.29, 0.717) is 6.54 Å². The molecule has 152 valence electrons. The van der Waals surface area contributed by atoms with Gasteiger partial charge in [-0.1, -0.05) is 23.7 Å². The third-order valence-electron chi connectivity index (χ3n) is 4.41. The van der Waals surface area contributed by atoms with Crippen molar-refractivity contribution in [1.82, 2.24) is 15.5 Å². The zero-order chi connectivity index (χ0) is 19.4. The molecule has 2 N–H and O–H groups in total. The SMILES string of the molecule is CCNC(=NCC1(c2cccc(Cl)c2)CC1)N(C)CC(=O)NC(C)(C)C.I. The second-order valence-corrected chi connectivity index (χ2v) is 8.55. The van der Waals surface area contributed by atoms with Crippen LogP contribution in [-0.2, 0) is 10.2 Å². The van der Waals surface area contributed by atoms with Gasteiger partial charge in [0.05, 0.1) is 13.1 Å². The van der Waals surface area contributed by atoms with E-state index in [9.17, 15) is 4.79 Å². The molecule has 5 nitrogen and oxygen atoms in total. The lowest BCUT2D eigenvalue weighted by molar-refractivity contribution is -0.122. The first-order valence-electron chi connectivity index (χ1n) is 9.22. The van der Waals surface area contributed by atoms with Gasteiger partial charge in [0.15, 0.2) is 5.96 Å². The number of carbonyl (C=O) groups excluding carboxylic acids is 1. The molecule has 1 saturated carbocycles. The number of hydrogen-bond donors (Lipinski definition) is 2. The number of rotatable bonds is 6. The smallest absolute Gasteiger partial charge is 0.240 e. The topological polar surface area (TPSA) is 56.7 Å². The number of hydrogen-bond acceptors (Lipinski definition) is 2. The van der Waals surface area contributed by atoms with E-state index in [-0.39, 0.29) is 47.4 Å². The standard InChI is InChI=1S/C20H31ClN4O.HI/c1-6-22-18(25(5)13-17(26)24-19(2,3)4)23-14-20(10-11-20)15-8-7-9-16(21)12-15;/h7-9,12H,6,10-11,13-14H2,1-5H3,(H,22,23)(H,24,26);1H. The van der Waals surface area contributed by atoms with Crippen molar-refractivity contribution in [3.05, 3.63) is 34.9 Å². The van der Waals surface area contributed by atoms with Crippen molar-refractivity contribution in [1.29, 1.82) is 0 Å². The number of aliphatic imine (C=N–C) groups is 1. The van der Waals surface area contributed by atoms with Crippen molar-refractivity contribution in [2.75, 3.05) is 26.7 Å². The maximum Gasteiger partial charge on any atom is 0.240 e. The first-order chi connectivity index (χ1) is 12.1. The lowest BCUT2D eigenvalue weighted by Gasteiger charge is -2.26. The number of likely N-dealkylation sites (N-methyl/N-ethyl adjacent to an activating group) is 1. The minimum absolute atomic E-state index is 0. The quantitative estimate of drug-likeness (QED) is 0.351. The van der Waals surface area contributed by atoms with Gasteiger partial charge in [-0.2, -0.15) is 0 Å². The number of carbonyl (C=O) groups is 1. The molecule has 0 aromatic heterocycles. The Morgan fingerprint density at radius 2 is 2.00 bits per heavy atom. The molecule has 0 unspecified atom stereocenters. The van der Waals surface area contributed by atoms with Crippen molar-refractivity contribution in [2.24, 2.45) is 4.99 Å². The Morgan fingerprint density at radius 3 is 2.52 bits per heavy atom. The molecular formula is C20H32ClIN4O. The summed E-state index contributed by atoms with van der Waals surface area (Å²) in [4.78, 5) is 18.9. The van der Waals surface area contributed by atoms with Gasteiger partial charge >= 0.3 is 0 Å². The maximum absolute atomic E-state index is 12.2. The van der Waals surface area contributed by atoms with Crippen molar-refractivity contribution in [3.63, 3.8) is 0 Å². The largest absolute Gasteiger partial charge is 0.357 e. The van der Waals surface area contributed by atoms with Crippen molar-refractivity contribution < 1.29 is 4.79 Å². The number of guanidine groups is 1. The monoisotopic (exact) mass is 506 g/mol. The summed E-state index contributed by atoms with van der Waals surface area (Å²) < 4.78 is 0. The van der Waals surface area contributed by atoms with Crippen LogP contribution in [0.2, 0.25) is 5.02 Å². The van der Waals surface area contributed by atoms with Gasteiger partial charge in [0.2, 0.25) is 5.91 Å². The third kappa shape index (κ3) is 7.49. The molecule has 1 fully saturated rings. The summed E-state index contributed by atoms with van der Waals surface area (Å²) in [5.41, 5.74) is 1.09. The lowest BCUT2D eigenvalue weighted by atomic mass is 9.96. The molecule has 0 saturated heterocycles.